The molecule has 0 radical (unpaired) electrons. The van der Waals surface area contributed by atoms with E-state index in [9.17, 15) is 4.79 Å². The highest BCUT2D eigenvalue weighted by Gasteiger charge is 1.95. The van der Waals surface area contributed by atoms with Crippen LogP contribution in [-0.4, -0.2) is 5.91 Å². The first-order chi connectivity index (χ1) is 5.16. The van der Waals surface area contributed by atoms with E-state index in [0.29, 0.717) is 5.92 Å². The number of hydrogen-bond donors (Lipinski definition) is 1. The highest BCUT2D eigenvalue weighted by atomic mass is 16.1. The number of hydrogen-bond acceptors (Lipinski definition) is 1. The molecule has 0 saturated heterocycles. The van der Waals surface area contributed by atoms with E-state index in [2.05, 4.69) is 13.8 Å². The van der Waals surface area contributed by atoms with Crippen LogP contribution in [0.5, 0.6) is 0 Å². The Balaban J connectivity index is 3.50. The second kappa shape index (κ2) is 5.96. The number of carbonyl (C=O) groups excluding carboxylic acids is 1. The second-order valence-corrected chi connectivity index (χ2v) is 2.88. The third-order valence-electron chi connectivity index (χ3n) is 1.60. The summed E-state index contributed by atoms with van der Waals surface area (Å²) in [4.78, 5) is 10.3. The fourth-order valence-electron chi connectivity index (χ4n) is 0.881. The van der Waals surface area contributed by atoms with Crippen molar-refractivity contribution >= 4 is 5.91 Å². The number of nitrogens with two attached hydrogens (primary N) is 1. The Morgan fingerprint density at radius 1 is 1.64 bits per heavy atom. The molecule has 0 aliphatic carbocycles. The summed E-state index contributed by atoms with van der Waals surface area (Å²) in [6.07, 6.45) is 6.87. The highest BCUT2D eigenvalue weighted by Crippen LogP contribution is 2.08. The van der Waals surface area contributed by atoms with Gasteiger partial charge in [-0.3, -0.25) is 4.79 Å². The molecule has 1 atom stereocenters. The van der Waals surface area contributed by atoms with Crippen LogP contribution in [0.1, 0.15) is 33.1 Å². The topological polar surface area (TPSA) is 43.1 Å². The Bertz CT molecular complexity index is 140. The summed E-state index contributed by atoms with van der Waals surface area (Å²) in [6, 6.07) is 0. The summed E-state index contributed by atoms with van der Waals surface area (Å²) in [5, 5.41) is 0. The first kappa shape index (κ1) is 10.2. The van der Waals surface area contributed by atoms with Crippen LogP contribution >= 0.6 is 0 Å². The Morgan fingerprint density at radius 3 is 2.73 bits per heavy atom. The van der Waals surface area contributed by atoms with Gasteiger partial charge in [-0.05, 0) is 18.4 Å². The summed E-state index contributed by atoms with van der Waals surface area (Å²) in [7, 11) is 0. The van der Waals surface area contributed by atoms with Crippen LogP contribution in [-0.2, 0) is 4.79 Å². The van der Waals surface area contributed by atoms with Crippen molar-refractivity contribution in [3.63, 3.8) is 0 Å². The standard InChI is InChI=1S/C9H17NO/c1-3-4-5-8(2)6-7-9(10)11/h6-8H,3-5H2,1-2H3,(H2,10,11). The van der Waals surface area contributed by atoms with Gasteiger partial charge in [0.05, 0.1) is 0 Å². The van der Waals surface area contributed by atoms with Crippen molar-refractivity contribution in [1.29, 1.82) is 0 Å². The van der Waals surface area contributed by atoms with Gasteiger partial charge < -0.3 is 5.73 Å². The summed E-state index contributed by atoms with van der Waals surface area (Å²) in [5.74, 6) is 0.121. The van der Waals surface area contributed by atoms with E-state index < -0.39 is 0 Å². The van der Waals surface area contributed by atoms with E-state index >= 15 is 0 Å². The molecule has 1 unspecified atom stereocenters. The minimum absolute atomic E-state index is 0.353. The van der Waals surface area contributed by atoms with Crippen LogP contribution in [0.15, 0.2) is 12.2 Å². The van der Waals surface area contributed by atoms with Crippen molar-refractivity contribution < 1.29 is 4.79 Å². The molecule has 0 saturated carbocycles. The van der Waals surface area contributed by atoms with Gasteiger partial charge >= 0.3 is 0 Å². The summed E-state index contributed by atoms with van der Waals surface area (Å²) in [5.41, 5.74) is 4.94. The summed E-state index contributed by atoms with van der Waals surface area (Å²) < 4.78 is 0. The average Bonchev–Trinajstić information content (AvgIpc) is 1.97. The molecule has 0 heterocycles. The van der Waals surface area contributed by atoms with Gasteiger partial charge in [0, 0.05) is 0 Å². The maximum atomic E-state index is 10.3. The van der Waals surface area contributed by atoms with E-state index in [1.165, 1.54) is 18.9 Å². The molecule has 0 aromatic heterocycles. The third-order valence-corrected chi connectivity index (χ3v) is 1.60. The average molecular weight is 155 g/mol. The van der Waals surface area contributed by atoms with Crippen molar-refractivity contribution in [3.05, 3.63) is 12.2 Å². The summed E-state index contributed by atoms with van der Waals surface area (Å²) >= 11 is 0. The zero-order valence-electron chi connectivity index (χ0n) is 7.34. The molecule has 0 spiro atoms. The van der Waals surface area contributed by atoms with Crippen LogP contribution in [0.4, 0.5) is 0 Å². The van der Waals surface area contributed by atoms with Crippen LogP contribution in [0, 0.1) is 5.92 Å². The van der Waals surface area contributed by atoms with Crippen molar-refractivity contribution in [1.82, 2.24) is 0 Å². The van der Waals surface area contributed by atoms with Crippen LogP contribution in [0.2, 0.25) is 0 Å². The number of unbranched alkanes of at least 4 members (excludes halogenated alkanes) is 1. The molecule has 0 aromatic rings. The second-order valence-electron chi connectivity index (χ2n) is 2.88. The molecule has 0 fully saturated rings. The lowest BCUT2D eigenvalue weighted by Gasteiger charge is -2.02. The third kappa shape index (κ3) is 7.10. The lowest BCUT2D eigenvalue weighted by molar-refractivity contribution is -0.113. The lowest BCUT2D eigenvalue weighted by Crippen LogP contribution is -2.06. The van der Waals surface area contributed by atoms with Crippen molar-refractivity contribution in [2.24, 2.45) is 11.7 Å². The minimum atomic E-state index is -0.353. The monoisotopic (exact) mass is 155 g/mol. The van der Waals surface area contributed by atoms with Crippen LogP contribution < -0.4 is 5.73 Å². The lowest BCUT2D eigenvalue weighted by atomic mass is 10.0. The Labute approximate surface area is 68.5 Å². The first-order valence-corrected chi connectivity index (χ1v) is 4.14. The van der Waals surface area contributed by atoms with Crippen LogP contribution in [0.25, 0.3) is 0 Å². The molecule has 2 N–H and O–H groups in total. The molecule has 11 heavy (non-hydrogen) atoms. The molecule has 0 aromatic carbocycles. The van der Waals surface area contributed by atoms with Gasteiger partial charge in [-0.2, -0.15) is 0 Å². The van der Waals surface area contributed by atoms with E-state index in [-0.39, 0.29) is 5.91 Å². The Morgan fingerprint density at radius 2 is 2.27 bits per heavy atom. The fourth-order valence-corrected chi connectivity index (χ4v) is 0.881. The zero-order valence-corrected chi connectivity index (χ0v) is 7.34. The van der Waals surface area contributed by atoms with E-state index in [4.69, 9.17) is 5.73 Å². The Kier molecular flexibility index (Phi) is 5.53. The quantitative estimate of drug-likeness (QED) is 0.605. The number of primary amides is 1. The van der Waals surface area contributed by atoms with Gasteiger partial charge in [0.2, 0.25) is 5.91 Å². The number of rotatable bonds is 5. The molecular weight excluding hydrogens is 138 g/mol. The van der Waals surface area contributed by atoms with E-state index in [1.54, 1.807) is 0 Å². The molecule has 0 aliphatic heterocycles. The largest absolute Gasteiger partial charge is 0.366 e. The predicted molar refractivity (Wildman–Crippen MR) is 47.0 cm³/mol. The number of amides is 1. The van der Waals surface area contributed by atoms with Gasteiger partial charge in [0.25, 0.3) is 0 Å². The van der Waals surface area contributed by atoms with E-state index in [0.717, 1.165) is 6.42 Å². The first-order valence-electron chi connectivity index (χ1n) is 4.14. The fraction of sp³-hybridized carbons (Fsp3) is 0.667. The molecular formula is C9H17NO. The van der Waals surface area contributed by atoms with Crippen molar-refractivity contribution in [3.8, 4) is 0 Å². The summed E-state index contributed by atoms with van der Waals surface area (Å²) in [6.45, 7) is 4.25. The minimum Gasteiger partial charge on any atom is -0.366 e. The smallest absolute Gasteiger partial charge is 0.241 e. The number of allylic oxidation sites excluding steroid dienone is 1. The van der Waals surface area contributed by atoms with E-state index in [1.807, 2.05) is 6.08 Å². The molecule has 0 bridgehead atoms. The van der Waals surface area contributed by atoms with Gasteiger partial charge in [-0.25, -0.2) is 0 Å². The maximum Gasteiger partial charge on any atom is 0.241 e. The number of carbonyl (C=O) groups is 1. The normalized spacial score (nSPS) is 13.6. The van der Waals surface area contributed by atoms with Gasteiger partial charge in [-0.15, -0.1) is 0 Å². The predicted octanol–water partition coefficient (Wildman–Crippen LogP) is 1.85. The molecule has 0 rings (SSSR count). The van der Waals surface area contributed by atoms with Gasteiger partial charge in [0.1, 0.15) is 0 Å². The molecule has 64 valence electrons. The van der Waals surface area contributed by atoms with Gasteiger partial charge in [-0.1, -0.05) is 32.8 Å². The zero-order chi connectivity index (χ0) is 8.69. The molecule has 2 nitrogen and oxygen atoms in total. The van der Waals surface area contributed by atoms with Crippen molar-refractivity contribution in [2.45, 2.75) is 33.1 Å². The SMILES string of the molecule is CCCCC(C)C=CC(N)=O. The van der Waals surface area contributed by atoms with Gasteiger partial charge in [0.15, 0.2) is 0 Å². The van der Waals surface area contributed by atoms with Crippen molar-refractivity contribution in [2.75, 3.05) is 0 Å². The maximum absolute atomic E-state index is 10.3. The molecule has 0 aliphatic rings. The Hall–Kier alpha value is -0.790. The highest BCUT2D eigenvalue weighted by molar-refractivity contribution is 5.85. The molecule has 1 amide bonds. The molecule has 2 heteroatoms. The van der Waals surface area contributed by atoms with Crippen LogP contribution in [0.3, 0.4) is 0 Å².